The van der Waals surface area contributed by atoms with Gasteiger partial charge in [-0.3, -0.25) is 0 Å². The SMILES string of the molecule is CNC(CCCC(F)(F)F)c1ccc(Br)c(F)c1. The van der Waals surface area contributed by atoms with E-state index in [0.717, 1.165) is 0 Å². The fraction of sp³-hybridized carbons (Fsp3) is 0.500. The van der Waals surface area contributed by atoms with Gasteiger partial charge in [-0.05, 0) is 53.5 Å². The number of hydrogen-bond donors (Lipinski definition) is 1. The molecule has 0 aromatic heterocycles. The standard InChI is InChI=1S/C12H14BrF4N/c1-18-11(3-2-6-12(15,16)17)8-4-5-9(13)10(14)7-8/h4-5,7,11,18H,2-3,6H2,1H3. The van der Waals surface area contributed by atoms with E-state index in [2.05, 4.69) is 21.2 Å². The van der Waals surface area contributed by atoms with Crippen LogP contribution in [-0.4, -0.2) is 13.2 Å². The molecule has 0 fully saturated rings. The summed E-state index contributed by atoms with van der Waals surface area (Å²) in [5.74, 6) is -0.413. The third kappa shape index (κ3) is 4.94. The Morgan fingerprint density at radius 3 is 2.50 bits per heavy atom. The summed E-state index contributed by atoms with van der Waals surface area (Å²) < 4.78 is 49.8. The monoisotopic (exact) mass is 327 g/mol. The molecule has 0 radical (unpaired) electrons. The molecule has 1 atom stereocenters. The van der Waals surface area contributed by atoms with Crippen LogP contribution < -0.4 is 5.32 Å². The van der Waals surface area contributed by atoms with E-state index in [1.54, 1.807) is 19.2 Å². The molecule has 102 valence electrons. The number of halogens is 5. The summed E-state index contributed by atoms with van der Waals surface area (Å²) in [5.41, 5.74) is 0.653. The van der Waals surface area contributed by atoms with Crippen molar-refractivity contribution < 1.29 is 17.6 Å². The minimum atomic E-state index is -4.14. The van der Waals surface area contributed by atoms with Crippen LogP contribution in [0.5, 0.6) is 0 Å². The van der Waals surface area contributed by atoms with Gasteiger partial charge in [-0.15, -0.1) is 0 Å². The Bertz CT molecular complexity index is 392. The minimum absolute atomic E-state index is 0.0205. The van der Waals surface area contributed by atoms with Gasteiger partial charge in [0.25, 0.3) is 0 Å². The fourth-order valence-corrected chi connectivity index (χ4v) is 1.96. The smallest absolute Gasteiger partial charge is 0.313 e. The summed E-state index contributed by atoms with van der Waals surface area (Å²) in [5, 5.41) is 2.90. The lowest BCUT2D eigenvalue weighted by molar-refractivity contribution is -0.135. The van der Waals surface area contributed by atoms with E-state index in [-0.39, 0.29) is 12.5 Å². The van der Waals surface area contributed by atoms with Crippen LogP contribution in [0.15, 0.2) is 22.7 Å². The maximum atomic E-state index is 13.3. The van der Waals surface area contributed by atoms with E-state index in [0.29, 0.717) is 16.5 Å². The first kappa shape index (κ1) is 15.4. The largest absolute Gasteiger partial charge is 0.389 e. The highest BCUT2D eigenvalue weighted by molar-refractivity contribution is 9.10. The van der Waals surface area contributed by atoms with Crippen molar-refractivity contribution in [1.82, 2.24) is 5.32 Å². The van der Waals surface area contributed by atoms with Crippen LogP contribution in [0.2, 0.25) is 0 Å². The topological polar surface area (TPSA) is 12.0 Å². The summed E-state index contributed by atoms with van der Waals surface area (Å²) in [6, 6.07) is 4.31. The number of rotatable bonds is 5. The van der Waals surface area contributed by atoms with Gasteiger partial charge in [0.1, 0.15) is 5.82 Å². The second-order valence-corrected chi connectivity index (χ2v) is 4.88. The molecular weight excluding hydrogens is 314 g/mol. The molecule has 0 bridgehead atoms. The molecule has 1 nitrogen and oxygen atoms in total. The lowest BCUT2D eigenvalue weighted by Crippen LogP contribution is -2.17. The normalized spacial score (nSPS) is 13.7. The van der Waals surface area contributed by atoms with Crippen LogP contribution in [0.3, 0.4) is 0 Å². The molecule has 0 aliphatic heterocycles. The van der Waals surface area contributed by atoms with Crippen LogP contribution >= 0.6 is 15.9 Å². The highest BCUT2D eigenvalue weighted by Gasteiger charge is 2.26. The molecule has 0 saturated carbocycles. The van der Waals surface area contributed by atoms with Gasteiger partial charge in [0.15, 0.2) is 0 Å². The van der Waals surface area contributed by atoms with Crippen LogP contribution in [0.25, 0.3) is 0 Å². The third-order valence-corrected chi connectivity index (χ3v) is 3.29. The lowest BCUT2D eigenvalue weighted by atomic mass is 10.0. The van der Waals surface area contributed by atoms with Gasteiger partial charge in [0, 0.05) is 12.5 Å². The molecule has 1 N–H and O–H groups in total. The van der Waals surface area contributed by atoms with Crippen molar-refractivity contribution >= 4 is 15.9 Å². The second kappa shape index (κ2) is 6.52. The lowest BCUT2D eigenvalue weighted by Gasteiger charge is -2.17. The highest BCUT2D eigenvalue weighted by atomic mass is 79.9. The number of nitrogens with one attached hydrogen (secondary N) is 1. The molecule has 0 amide bonds. The molecule has 1 unspecified atom stereocenters. The molecule has 0 aliphatic carbocycles. The van der Waals surface area contributed by atoms with Gasteiger partial charge < -0.3 is 5.32 Å². The van der Waals surface area contributed by atoms with E-state index in [4.69, 9.17) is 0 Å². The number of benzene rings is 1. The summed E-state index contributed by atoms with van der Waals surface area (Å²) in [7, 11) is 1.65. The molecule has 1 rings (SSSR count). The van der Waals surface area contributed by atoms with Crippen LogP contribution in [0.4, 0.5) is 17.6 Å². The summed E-state index contributed by atoms with van der Waals surface area (Å²) in [6.45, 7) is 0. The van der Waals surface area contributed by atoms with Crippen molar-refractivity contribution in [1.29, 1.82) is 0 Å². The van der Waals surface area contributed by atoms with Crippen molar-refractivity contribution in [2.75, 3.05) is 7.05 Å². The zero-order valence-electron chi connectivity index (χ0n) is 9.82. The van der Waals surface area contributed by atoms with E-state index < -0.39 is 18.4 Å². The van der Waals surface area contributed by atoms with Gasteiger partial charge in [0.05, 0.1) is 4.47 Å². The Morgan fingerprint density at radius 2 is 2.00 bits per heavy atom. The quantitative estimate of drug-likeness (QED) is 0.780. The summed E-state index contributed by atoms with van der Waals surface area (Å²) in [6.07, 6.45) is -4.61. The van der Waals surface area contributed by atoms with E-state index in [1.165, 1.54) is 6.07 Å². The van der Waals surface area contributed by atoms with Gasteiger partial charge in [0.2, 0.25) is 0 Å². The Hall–Kier alpha value is -0.620. The van der Waals surface area contributed by atoms with Crippen LogP contribution in [0.1, 0.15) is 30.9 Å². The first-order valence-electron chi connectivity index (χ1n) is 5.52. The van der Waals surface area contributed by atoms with Gasteiger partial charge >= 0.3 is 6.18 Å². The average molecular weight is 328 g/mol. The van der Waals surface area contributed by atoms with Crippen LogP contribution in [-0.2, 0) is 0 Å². The van der Waals surface area contributed by atoms with E-state index in [9.17, 15) is 17.6 Å². The molecule has 0 aliphatic rings. The summed E-state index contributed by atoms with van der Waals surface area (Å²) >= 11 is 3.03. The fourth-order valence-electron chi connectivity index (χ4n) is 1.71. The van der Waals surface area contributed by atoms with Crippen LogP contribution in [0, 0.1) is 5.82 Å². The summed E-state index contributed by atoms with van der Waals surface area (Å²) in [4.78, 5) is 0. The van der Waals surface area contributed by atoms with Crippen molar-refractivity contribution in [3.8, 4) is 0 Å². The highest BCUT2D eigenvalue weighted by Crippen LogP contribution is 2.27. The maximum absolute atomic E-state index is 13.3. The minimum Gasteiger partial charge on any atom is -0.313 e. The van der Waals surface area contributed by atoms with E-state index >= 15 is 0 Å². The second-order valence-electron chi connectivity index (χ2n) is 4.02. The Balaban J connectivity index is 2.63. The van der Waals surface area contributed by atoms with Crippen molar-refractivity contribution in [3.63, 3.8) is 0 Å². The van der Waals surface area contributed by atoms with Gasteiger partial charge in [-0.25, -0.2) is 4.39 Å². The van der Waals surface area contributed by atoms with Gasteiger partial charge in [-0.2, -0.15) is 13.2 Å². The Kier molecular flexibility index (Phi) is 5.59. The Morgan fingerprint density at radius 1 is 1.33 bits per heavy atom. The Labute approximate surface area is 112 Å². The predicted molar refractivity (Wildman–Crippen MR) is 65.8 cm³/mol. The molecule has 1 aromatic carbocycles. The first-order valence-corrected chi connectivity index (χ1v) is 6.32. The predicted octanol–water partition coefficient (Wildman–Crippen LogP) is 4.58. The third-order valence-electron chi connectivity index (χ3n) is 2.65. The van der Waals surface area contributed by atoms with Crippen molar-refractivity contribution in [2.45, 2.75) is 31.5 Å². The molecular formula is C12H14BrF4N. The zero-order valence-corrected chi connectivity index (χ0v) is 11.4. The average Bonchev–Trinajstić information content (AvgIpc) is 2.27. The van der Waals surface area contributed by atoms with Gasteiger partial charge in [-0.1, -0.05) is 6.07 Å². The number of alkyl halides is 3. The first-order chi connectivity index (χ1) is 8.33. The molecule has 0 heterocycles. The molecule has 6 heteroatoms. The maximum Gasteiger partial charge on any atom is 0.389 e. The molecule has 0 spiro atoms. The van der Waals surface area contributed by atoms with E-state index in [1.807, 2.05) is 0 Å². The molecule has 0 saturated heterocycles. The van der Waals surface area contributed by atoms with Crippen molar-refractivity contribution in [3.05, 3.63) is 34.1 Å². The zero-order chi connectivity index (χ0) is 13.8. The molecule has 1 aromatic rings. The number of hydrogen-bond acceptors (Lipinski definition) is 1. The molecule has 18 heavy (non-hydrogen) atoms. The van der Waals surface area contributed by atoms with Crippen molar-refractivity contribution in [2.24, 2.45) is 0 Å².